The van der Waals surface area contributed by atoms with Gasteiger partial charge in [-0.3, -0.25) is 0 Å². The Morgan fingerprint density at radius 2 is 1.91 bits per heavy atom. The molecule has 1 nitrogen and oxygen atoms in total. The van der Waals surface area contributed by atoms with Crippen molar-refractivity contribution in [2.24, 2.45) is 0 Å². The van der Waals surface area contributed by atoms with Crippen LogP contribution < -0.4 is 5.19 Å². The Morgan fingerprint density at radius 1 is 1.27 bits per heavy atom. The van der Waals surface area contributed by atoms with Gasteiger partial charge < -0.3 is 0 Å². The molecule has 1 heterocycles. The first-order valence-corrected chi connectivity index (χ1v) is 7.91. The minimum atomic E-state index is -1.14. The van der Waals surface area contributed by atoms with Gasteiger partial charge in [-0.2, -0.15) is 0 Å². The predicted molar refractivity (Wildman–Crippen MR) is 54.9 cm³/mol. The van der Waals surface area contributed by atoms with E-state index in [-0.39, 0.29) is 0 Å². The van der Waals surface area contributed by atoms with Crippen LogP contribution in [0, 0.1) is 0 Å². The lowest BCUT2D eigenvalue weighted by atomic mass is 10.5. The molecule has 0 radical (unpaired) electrons. The third kappa shape index (κ3) is 2.41. The summed E-state index contributed by atoms with van der Waals surface area (Å²) < 4.78 is 0.916. The van der Waals surface area contributed by atoms with Gasteiger partial charge in [0.25, 0.3) is 0 Å². The molecule has 1 rings (SSSR count). The Labute approximate surface area is 77.0 Å². The number of rotatable bonds is 1. The van der Waals surface area contributed by atoms with Crippen molar-refractivity contribution in [2.75, 3.05) is 0 Å². The fourth-order valence-electron chi connectivity index (χ4n) is 0.819. The summed E-state index contributed by atoms with van der Waals surface area (Å²) in [7, 11) is -1.14. The van der Waals surface area contributed by atoms with E-state index in [1.807, 2.05) is 12.3 Å². The molecule has 0 saturated carbocycles. The molecule has 0 spiro atoms. The van der Waals surface area contributed by atoms with Crippen LogP contribution in [0.3, 0.4) is 0 Å². The second-order valence-electron chi connectivity index (χ2n) is 3.62. The van der Waals surface area contributed by atoms with Crippen molar-refractivity contribution < 1.29 is 0 Å². The average molecular weight is 230 g/mol. The highest BCUT2D eigenvalue weighted by atomic mass is 79.9. The fourth-order valence-corrected chi connectivity index (χ4v) is 2.09. The molecule has 0 N–H and O–H groups in total. The Bertz CT molecular complexity index is 237. The third-order valence-electron chi connectivity index (χ3n) is 1.59. The summed E-state index contributed by atoms with van der Waals surface area (Å²) in [5.41, 5.74) is 0. The molecule has 0 aliphatic rings. The molecule has 0 atom stereocenters. The number of nitrogens with zero attached hydrogens (tertiary/aromatic N) is 1. The highest BCUT2D eigenvalue weighted by Gasteiger charge is 2.15. The average Bonchev–Trinajstić information content (AvgIpc) is 1.86. The Hall–Kier alpha value is -0.153. The lowest BCUT2D eigenvalue weighted by Crippen LogP contribution is -2.37. The maximum atomic E-state index is 4.20. The summed E-state index contributed by atoms with van der Waals surface area (Å²) in [6.45, 7) is 6.95. The quantitative estimate of drug-likeness (QED) is 0.533. The standard InChI is InChI=1S/C8H12BrNSi/c1-11(2,3)7-4-5-8(9)10-6-7/h4-6H,1-3H3. The smallest absolute Gasteiger partial charge is 0.106 e. The van der Waals surface area contributed by atoms with Crippen molar-refractivity contribution in [3.05, 3.63) is 22.9 Å². The van der Waals surface area contributed by atoms with E-state index in [1.165, 1.54) is 5.19 Å². The zero-order valence-corrected chi connectivity index (χ0v) is 9.64. The predicted octanol–water partition coefficient (Wildman–Crippen LogP) is 2.39. The van der Waals surface area contributed by atoms with E-state index in [0.717, 1.165) is 4.60 Å². The molecule has 0 aliphatic heterocycles. The van der Waals surface area contributed by atoms with Crippen molar-refractivity contribution in [3.63, 3.8) is 0 Å². The lowest BCUT2D eigenvalue weighted by Gasteiger charge is -2.15. The molecule has 11 heavy (non-hydrogen) atoms. The monoisotopic (exact) mass is 229 g/mol. The summed E-state index contributed by atoms with van der Waals surface area (Å²) in [5.74, 6) is 0. The van der Waals surface area contributed by atoms with Gasteiger partial charge in [0.2, 0.25) is 0 Å². The molecule has 0 fully saturated rings. The number of aromatic nitrogens is 1. The van der Waals surface area contributed by atoms with Crippen LogP contribution in [0.5, 0.6) is 0 Å². The number of hydrogen-bond acceptors (Lipinski definition) is 1. The van der Waals surface area contributed by atoms with Gasteiger partial charge in [0, 0.05) is 6.20 Å². The SMILES string of the molecule is C[Si](C)(C)c1ccc(Br)nc1. The van der Waals surface area contributed by atoms with Gasteiger partial charge in [-0.25, -0.2) is 4.98 Å². The highest BCUT2D eigenvalue weighted by Crippen LogP contribution is 2.05. The number of halogens is 1. The van der Waals surface area contributed by atoms with Crippen LogP contribution in [0.2, 0.25) is 19.6 Å². The lowest BCUT2D eigenvalue weighted by molar-refractivity contribution is 1.29. The van der Waals surface area contributed by atoms with Crippen LogP contribution >= 0.6 is 15.9 Å². The summed E-state index contributed by atoms with van der Waals surface area (Å²) in [6.07, 6.45) is 1.97. The van der Waals surface area contributed by atoms with E-state index >= 15 is 0 Å². The van der Waals surface area contributed by atoms with Gasteiger partial charge in [-0.15, -0.1) is 0 Å². The molecule has 0 unspecified atom stereocenters. The molecular weight excluding hydrogens is 218 g/mol. The van der Waals surface area contributed by atoms with E-state index in [0.29, 0.717) is 0 Å². The molecule has 0 amide bonds. The zero-order valence-electron chi connectivity index (χ0n) is 7.06. The van der Waals surface area contributed by atoms with E-state index in [4.69, 9.17) is 0 Å². The van der Waals surface area contributed by atoms with Crippen molar-refractivity contribution >= 4 is 29.2 Å². The minimum absolute atomic E-state index is 0.916. The van der Waals surface area contributed by atoms with Gasteiger partial charge in [0.05, 0.1) is 8.07 Å². The fraction of sp³-hybridized carbons (Fsp3) is 0.375. The first kappa shape index (κ1) is 8.94. The second-order valence-corrected chi connectivity index (χ2v) is 9.51. The van der Waals surface area contributed by atoms with E-state index in [1.54, 1.807) is 0 Å². The Balaban J connectivity index is 2.99. The van der Waals surface area contributed by atoms with E-state index in [9.17, 15) is 0 Å². The Kier molecular flexibility index (Phi) is 2.49. The third-order valence-corrected chi connectivity index (χ3v) is 4.09. The van der Waals surface area contributed by atoms with Gasteiger partial charge in [-0.1, -0.05) is 25.7 Å². The first-order chi connectivity index (χ1) is 5.00. The van der Waals surface area contributed by atoms with Crippen molar-refractivity contribution in [2.45, 2.75) is 19.6 Å². The number of pyridine rings is 1. The molecule has 1 aromatic rings. The van der Waals surface area contributed by atoms with Crippen LogP contribution in [-0.2, 0) is 0 Å². The molecule has 1 aromatic heterocycles. The maximum Gasteiger partial charge on any atom is 0.106 e. The summed E-state index contributed by atoms with van der Waals surface area (Å²) in [4.78, 5) is 4.20. The van der Waals surface area contributed by atoms with Crippen LogP contribution in [0.1, 0.15) is 0 Å². The maximum absolute atomic E-state index is 4.20. The van der Waals surface area contributed by atoms with Gasteiger partial charge in [-0.05, 0) is 27.2 Å². The molecule has 3 heteroatoms. The molecule has 0 bridgehead atoms. The molecule has 0 saturated heterocycles. The van der Waals surface area contributed by atoms with Crippen LogP contribution in [0.25, 0.3) is 0 Å². The largest absolute Gasteiger partial charge is 0.249 e. The summed E-state index contributed by atoms with van der Waals surface area (Å²) >= 11 is 3.32. The van der Waals surface area contributed by atoms with E-state index < -0.39 is 8.07 Å². The topological polar surface area (TPSA) is 12.9 Å². The molecule has 60 valence electrons. The van der Waals surface area contributed by atoms with Gasteiger partial charge >= 0.3 is 0 Å². The van der Waals surface area contributed by atoms with Crippen LogP contribution in [-0.4, -0.2) is 13.1 Å². The molecule has 0 aromatic carbocycles. The highest BCUT2D eigenvalue weighted by molar-refractivity contribution is 9.10. The number of hydrogen-bond donors (Lipinski definition) is 0. The summed E-state index contributed by atoms with van der Waals surface area (Å²) in [5, 5.41) is 1.40. The zero-order chi connectivity index (χ0) is 8.48. The van der Waals surface area contributed by atoms with E-state index in [2.05, 4.69) is 46.6 Å². The van der Waals surface area contributed by atoms with Gasteiger partial charge in [0.1, 0.15) is 4.60 Å². The van der Waals surface area contributed by atoms with Crippen LogP contribution in [0.4, 0.5) is 0 Å². The van der Waals surface area contributed by atoms with Crippen LogP contribution in [0.15, 0.2) is 22.9 Å². The first-order valence-electron chi connectivity index (χ1n) is 3.62. The molecule has 0 aliphatic carbocycles. The Morgan fingerprint density at radius 3 is 2.27 bits per heavy atom. The second kappa shape index (κ2) is 3.07. The minimum Gasteiger partial charge on any atom is -0.249 e. The molecular formula is C8H12BrNSi. The normalized spacial score (nSPS) is 11.6. The van der Waals surface area contributed by atoms with Gasteiger partial charge in [0.15, 0.2) is 0 Å². The van der Waals surface area contributed by atoms with Crippen molar-refractivity contribution in [3.8, 4) is 0 Å². The van der Waals surface area contributed by atoms with Crippen molar-refractivity contribution in [1.82, 2.24) is 4.98 Å². The summed E-state index contributed by atoms with van der Waals surface area (Å²) in [6, 6.07) is 4.16. The van der Waals surface area contributed by atoms with Crippen molar-refractivity contribution in [1.29, 1.82) is 0 Å².